The van der Waals surface area contributed by atoms with E-state index in [2.05, 4.69) is 10.9 Å². The van der Waals surface area contributed by atoms with E-state index in [0.717, 1.165) is 0 Å². The van der Waals surface area contributed by atoms with Gasteiger partial charge in [-0.05, 0) is 5.56 Å². The third-order valence-corrected chi connectivity index (χ3v) is 5.16. The van der Waals surface area contributed by atoms with Crippen LogP contribution in [0.15, 0.2) is 41.8 Å². The highest BCUT2D eigenvalue weighted by molar-refractivity contribution is 5.44. The molecule has 2 aliphatic heterocycles. The molecule has 4 rings (SSSR count). The molecule has 10 heteroatoms. The second-order valence-electron chi connectivity index (χ2n) is 6.64. The van der Waals surface area contributed by atoms with Gasteiger partial charge >= 0.3 is 0 Å². The van der Waals surface area contributed by atoms with Crippen LogP contribution in [0, 0.1) is 46.3 Å². The second-order valence-corrected chi connectivity index (χ2v) is 6.64. The fourth-order valence-corrected chi connectivity index (χ4v) is 3.88. The van der Waals surface area contributed by atoms with Gasteiger partial charge in [0.05, 0.1) is 11.6 Å². The Bertz CT molecular complexity index is 1020. The molecule has 2 aromatic carbocycles. The van der Waals surface area contributed by atoms with Crippen molar-refractivity contribution < 1.29 is 26.7 Å². The van der Waals surface area contributed by atoms with E-state index in [4.69, 9.17) is 10.5 Å². The van der Waals surface area contributed by atoms with Crippen LogP contribution in [0.1, 0.15) is 23.1 Å². The maximum atomic E-state index is 14.6. The van der Waals surface area contributed by atoms with Gasteiger partial charge in [0.2, 0.25) is 11.7 Å². The van der Waals surface area contributed by atoms with Crippen molar-refractivity contribution in [2.75, 3.05) is 0 Å². The van der Waals surface area contributed by atoms with E-state index in [1.807, 2.05) is 0 Å². The zero-order chi connectivity index (χ0) is 20.9. The average molecular weight is 408 g/mol. The summed E-state index contributed by atoms with van der Waals surface area (Å²) in [4.78, 5) is 0. The molecule has 0 saturated carbocycles. The molecule has 2 heterocycles. The molecule has 29 heavy (non-hydrogen) atoms. The Labute approximate surface area is 161 Å². The zero-order valence-corrected chi connectivity index (χ0v) is 14.5. The molecule has 1 saturated heterocycles. The Balaban J connectivity index is 1.96. The van der Waals surface area contributed by atoms with Crippen molar-refractivity contribution in [1.29, 1.82) is 5.26 Å². The van der Waals surface area contributed by atoms with Crippen molar-refractivity contribution in [3.05, 3.63) is 82.0 Å². The molecule has 4 atom stereocenters. The SMILES string of the molecule is N#CC1=C(N)OC2NNC(c3ccccc3)C2C1c1c(F)c(F)c(F)c(F)c1F. The number of hydrazine groups is 1. The van der Waals surface area contributed by atoms with Crippen molar-refractivity contribution in [1.82, 2.24) is 10.9 Å². The smallest absolute Gasteiger partial charge is 0.200 e. The quantitative estimate of drug-likeness (QED) is 0.404. The highest BCUT2D eigenvalue weighted by Gasteiger charge is 2.51. The standard InChI is InChI=1S/C19H13F5N4O/c20-12-10(13(21)15(23)16(24)14(12)22)9-8(6-25)18(26)29-19-11(9)17(27-28-19)7-4-2-1-3-5-7/h1-5,9,11,17,19,27-28H,26H2. The predicted octanol–water partition coefficient (Wildman–Crippen LogP) is 2.98. The fourth-order valence-electron chi connectivity index (χ4n) is 3.88. The van der Waals surface area contributed by atoms with Crippen LogP contribution in [-0.4, -0.2) is 6.23 Å². The molecular weight excluding hydrogens is 395 g/mol. The summed E-state index contributed by atoms with van der Waals surface area (Å²) in [5.74, 6) is -13.4. The van der Waals surface area contributed by atoms with Gasteiger partial charge in [-0.25, -0.2) is 32.8 Å². The Hall–Kier alpha value is -3.16. The highest BCUT2D eigenvalue weighted by atomic mass is 19.2. The van der Waals surface area contributed by atoms with Crippen LogP contribution in [-0.2, 0) is 4.74 Å². The van der Waals surface area contributed by atoms with Crippen molar-refractivity contribution in [3.8, 4) is 6.07 Å². The lowest BCUT2D eigenvalue weighted by Crippen LogP contribution is -2.41. The van der Waals surface area contributed by atoms with Crippen LogP contribution in [0.2, 0.25) is 0 Å². The molecule has 1 fully saturated rings. The number of nitrogens with two attached hydrogens (primary N) is 1. The minimum Gasteiger partial charge on any atom is -0.458 e. The number of hydrogen-bond donors (Lipinski definition) is 3. The number of nitrogens with zero attached hydrogens (tertiary/aromatic N) is 1. The molecule has 4 N–H and O–H groups in total. The van der Waals surface area contributed by atoms with E-state index in [1.165, 1.54) is 0 Å². The van der Waals surface area contributed by atoms with Crippen LogP contribution >= 0.6 is 0 Å². The summed E-state index contributed by atoms with van der Waals surface area (Å²) >= 11 is 0. The van der Waals surface area contributed by atoms with Crippen molar-refractivity contribution in [3.63, 3.8) is 0 Å². The van der Waals surface area contributed by atoms with Crippen LogP contribution in [0.4, 0.5) is 22.0 Å². The summed E-state index contributed by atoms with van der Waals surface area (Å²) in [7, 11) is 0. The minimum absolute atomic E-state index is 0.416. The topological polar surface area (TPSA) is 83.1 Å². The Morgan fingerprint density at radius 1 is 0.897 bits per heavy atom. The summed E-state index contributed by atoms with van der Waals surface area (Å²) in [5, 5.41) is 9.53. The third kappa shape index (κ3) is 2.82. The van der Waals surface area contributed by atoms with Gasteiger partial charge < -0.3 is 10.5 Å². The molecule has 0 aromatic heterocycles. The lowest BCUT2D eigenvalue weighted by atomic mass is 9.73. The maximum Gasteiger partial charge on any atom is 0.200 e. The molecular formula is C19H13F5N4O. The first kappa shape index (κ1) is 19.2. The van der Waals surface area contributed by atoms with Crippen LogP contribution < -0.4 is 16.6 Å². The molecule has 0 aliphatic carbocycles. The fraction of sp³-hybridized carbons (Fsp3) is 0.211. The summed E-state index contributed by atoms with van der Waals surface area (Å²) < 4.78 is 76.0. The van der Waals surface area contributed by atoms with E-state index in [9.17, 15) is 27.2 Å². The van der Waals surface area contributed by atoms with Gasteiger partial charge in [-0.3, -0.25) is 0 Å². The third-order valence-electron chi connectivity index (χ3n) is 5.16. The maximum absolute atomic E-state index is 14.6. The molecule has 2 aliphatic rings. The Morgan fingerprint density at radius 3 is 2.07 bits per heavy atom. The van der Waals surface area contributed by atoms with Gasteiger partial charge in [0.15, 0.2) is 29.5 Å². The van der Waals surface area contributed by atoms with Gasteiger partial charge in [-0.2, -0.15) is 5.26 Å². The summed E-state index contributed by atoms with van der Waals surface area (Å²) in [5.41, 5.74) is 10.5. The first-order chi connectivity index (χ1) is 13.9. The number of halogens is 5. The van der Waals surface area contributed by atoms with Crippen LogP contribution in [0.25, 0.3) is 0 Å². The molecule has 150 valence electrons. The number of allylic oxidation sites excluding steroid dienone is 1. The van der Waals surface area contributed by atoms with Gasteiger partial charge in [0.1, 0.15) is 6.07 Å². The summed E-state index contributed by atoms with van der Waals surface area (Å²) in [6.45, 7) is 0. The first-order valence-corrected chi connectivity index (χ1v) is 8.50. The second kappa shape index (κ2) is 7.02. The summed E-state index contributed by atoms with van der Waals surface area (Å²) in [6, 6.07) is 9.64. The number of fused-ring (bicyclic) bond motifs is 1. The van der Waals surface area contributed by atoms with E-state index >= 15 is 0 Å². The van der Waals surface area contributed by atoms with Crippen LogP contribution in [0.5, 0.6) is 0 Å². The monoisotopic (exact) mass is 408 g/mol. The highest BCUT2D eigenvalue weighted by Crippen LogP contribution is 2.49. The Morgan fingerprint density at radius 2 is 1.48 bits per heavy atom. The molecule has 0 bridgehead atoms. The number of nitriles is 1. The normalized spacial score (nSPS) is 26.1. The number of nitrogens with one attached hydrogen (secondary N) is 2. The van der Waals surface area contributed by atoms with Gasteiger partial charge in [0.25, 0.3) is 0 Å². The lowest BCUT2D eigenvalue weighted by molar-refractivity contribution is 0.0328. The van der Waals surface area contributed by atoms with Gasteiger partial charge in [-0.15, -0.1) is 0 Å². The number of hydrogen-bond acceptors (Lipinski definition) is 5. The van der Waals surface area contributed by atoms with E-state index in [1.54, 1.807) is 36.4 Å². The molecule has 0 radical (unpaired) electrons. The first-order valence-electron chi connectivity index (χ1n) is 8.50. The molecule has 2 aromatic rings. The number of benzene rings is 2. The molecule has 0 amide bonds. The molecule has 5 nitrogen and oxygen atoms in total. The number of rotatable bonds is 2. The van der Waals surface area contributed by atoms with Crippen molar-refractivity contribution >= 4 is 0 Å². The van der Waals surface area contributed by atoms with Gasteiger partial charge in [-0.1, -0.05) is 30.3 Å². The molecule has 0 spiro atoms. The van der Waals surface area contributed by atoms with Crippen molar-refractivity contribution in [2.45, 2.75) is 18.2 Å². The zero-order valence-electron chi connectivity index (χ0n) is 14.5. The predicted molar refractivity (Wildman–Crippen MR) is 89.6 cm³/mol. The van der Waals surface area contributed by atoms with E-state index in [0.29, 0.717) is 5.56 Å². The van der Waals surface area contributed by atoms with Crippen LogP contribution in [0.3, 0.4) is 0 Å². The average Bonchev–Trinajstić information content (AvgIpc) is 3.15. The van der Waals surface area contributed by atoms with Crippen molar-refractivity contribution in [2.24, 2.45) is 11.7 Å². The molecule has 4 unspecified atom stereocenters. The minimum atomic E-state index is -2.27. The number of ether oxygens (including phenoxy) is 1. The lowest BCUT2D eigenvalue weighted by Gasteiger charge is -2.36. The van der Waals surface area contributed by atoms with Gasteiger partial charge in [0, 0.05) is 17.4 Å². The van der Waals surface area contributed by atoms with E-state index in [-0.39, 0.29) is 0 Å². The van der Waals surface area contributed by atoms with E-state index < -0.39 is 70.2 Å². The summed E-state index contributed by atoms with van der Waals surface area (Å²) in [6.07, 6.45) is -0.975. The largest absolute Gasteiger partial charge is 0.458 e. The Kier molecular flexibility index (Phi) is 4.64.